The number of nitrogen functional groups attached to an aromatic ring is 1. The molecule has 0 spiro atoms. The number of rotatable bonds is 6. The molecule has 0 aliphatic heterocycles. The highest BCUT2D eigenvalue weighted by Gasteiger charge is 2.12. The molecule has 3 nitrogen and oxygen atoms in total. The van der Waals surface area contributed by atoms with Crippen molar-refractivity contribution in [1.82, 2.24) is 0 Å². The average molecular weight is 294 g/mol. The molecule has 0 saturated heterocycles. The summed E-state index contributed by atoms with van der Waals surface area (Å²) in [4.78, 5) is 2.00. The third-order valence-corrected chi connectivity index (χ3v) is 3.69. The second-order valence-corrected chi connectivity index (χ2v) is 5.46. The van der Waals surface area contributed by atoms with Crippen LogP contribution in [0.4, 0.5) is 15.8 Å². The van der Waals surface area contributed by atoms with Crippen molar-refractivity contribution in [1.29, 1.82) is 0 Å². The number of hydrogen-bond donors (Lipinski definition) is 1. The highest BCUT2D eigenvalue weighted by molar-refractivity contribution is 7.07. The lowest BCUT2D eigenvalue weighted by molar-refractivity contribution is 0.301. The fourth-order valence-electron chi connectivity index (χ4n) is 1.95. The van der Waals surface area contributed by atoms with E-state index < -0.39 is 5.82 Å². The summed E-state index contributed by atoms with van der Waals surface area (Å²) in [6.07, 6.45) is 0.837. The van der Waals surface area contributed by atoms with Gasteiger partial charge in [0.15, 0.2) is 11.6 Å². The molecule has 0 amide bonds. The Morgan fingerprint density at radius 1 is 1.40 bits per heavy atom. The van der Waals surface area contributed by atoms with Gasteiger partial charge in [-0.2, -0.15) is 11.3 Å². The maximum Gasteiger partial charge on any atom is 0.167 e. The van der Waals surface area contributed by atoms with Gasteiger partial charge >= 0.3 is 0 Å². The molecular weight excluding hydrogens is 275 g/mol. The predicted molar refractivity (Wildman–Crippen MR) is 83.0 cm³/mol. The zero-order chi connectivity index (χ0) is 14.5. The zero-order valence-corrected chi connectivity index (χ0v) is 12.5. The maximum absolute atomic E-state index is 13.8. The van der Waals surface area contributed by atoms with Crippen LogP contribution < -0.4 is 15.4 Å². The van der Waals surface area contributed by atoms with Crippen molar-refractivity contribution in [2.45, 2.75) is 19.9 Å². The summed E-state index contributed by atoms with van der Waals surface area (Å²) in [5.74, 6) is -0.156. The second-order valence-electron chi connectivity index (χ2n) is 4.68. The lowest BCUT2D eigenvalue weighted by Gasteiger charge is -2.22. The number of thiophene rings is 1. The molecule has 2 rings (SSSR count). The van der Waals surface area contributed by atoms with Gasteiger partial charge in [-0.1, -0.05) is 6.92 Å². The minimum absolute atomic E-state index is 0.258. The van der Waals surface area contributed by atoms with Crippen molar-refractivity contribution >= 4 is 22.7 Å². The number of halogens is 1. The highest BCUT2D eigenvalue weighted by atomic mass is 32.1. The molecule has 108 valence electrons. The summed E-state index contributed by atoms with van der Waals surface area (Å²) in [6.45, 7) is 3.21. The molecule has 1 aromatic heterocycles. The number of benzene rings is 1. The van der Waals surface area contributed by atoms with E-state index >= 15 is 0 Å². The lowest BCUT2D eigenvalue weighted by Crippen LogP contribution is -2.18. The lowest BCUT2D eigenvalue weighted by atomic mass is 10.2. The van der Waals surface area contributed by atoms with Gasteiger partial charge in [-0.3, -0.25) is 0 Å². The van der Waals surface area contributed by atoms with Crippen LogP contribution in [0.5, 0.6) is 5.75 Å². The number of nitrogens with two attached hydrogens (primary N) is 1. The third kappa shape index (κ3) is 3.42. The molecule has 0 atom stereocenters. The molecule has 5 heteroatoms. The molecule has 0 radical (unpaired) electrons. The van der Waals surface area contributed by atoms with Crippen LogP contribution in [-0.2, 0) is 6.54 Å². The van der Waals surface area contributed by atoms with Gasteiger partial charge in [0, 0.05) is 25.7 Å². The first-order valence-electron chi connectivity index (χ1n) is 6.55. The molecule has 0 aliphatic rings. The first-order chi connectivity index (χ1) is 9.61. The fourth-order valence-corrected chi connectivity index (χ4v) is 2.61. The normalized spacial score (nSPS) is 10.6. The van der Waals surface area contributed by atoms with Gasteiger partial charge in [0.1, 0.15) is 0 Å². The summed E-state index contributed by atoms with van der Waals surface area (Å²) >= 11 is 1.66. The summed E-state index contributed by atoms with van der Waals surface area (Å²) in [7, 11) is 1.94. The van der Waals surface area contributed by atoms with Gasteiger partial charge in [-0.25, -0.2) is 4.39 Å². The van der Waals surface area contributed by atoms with Crippen molar-refractivity contribution in [2.24, 2.45) is 0 Å². The Bertz CT molecular complexity index is 557. The van der Waals surface area contributed by atoms with E-state index in [1.165, 1.54) is 11.6 Å². The van der Waals surface area contributed by atoms with E-state index in [1.807, 2.05) is 24.3 Å². The van der Waals surface area contributed by atoms with E-state index in [-0.39, 0.29) is 5.75 Å². The molecule has 2 aromatic rings. The highest BCUT2D eigenvalue weighted by Crippen LogP contribution is 2.31. The number of anilines is 2. The SMILES string of the molecule is CCCOc1cc(N(C)Cc2ccsc2)c(N)cc1F. The molecule has 1 heterocycles. The Morgan fingerprint density at radius 3 is 2.85 bits per heavy atom. The summed E-state index contributed by atoms with van der Waals surface area (Å²) < 4.78 is 19.2. The van der Waals surface area contributed by atoms with Crippen molar-refractivity contribution in [3.63, 3.8) is 0 Å². The van der Waals surface area contributed by atoms with Crippen LogP contribution in [0.1, 0.15) is 18.9 Å². The Kier molecular flexibility index (Phi) is 4.84. The van der Waals surface area contributed by atoms with E-state index in [2.05, 4.69) is 11.4 Å². The average Bonchev–Trinajstić information content (AvgIpc) is 2.90. The molecular formula is C15H19FN2OS. The van der Waals surface area contributed by atoms with Gasteiger partial charge < -0.3 is 15.4 Å². The van der Waals surface area contributed by atoms with E-state index in [9.17, 15) is 4.39 Å². The number of hydrogen-bond acceptors (Lipinski definition) is 4. The van der Waals surface area contributed by atoms with Crippen molar-refractivity contribution in [3.05, 3.63) is 40.3 Å². The number of ether oxygens (including phenoxy) is 1. The van der Waals surface area contributed by atoms with Crippen LogP contribution in [-0.4, -0.2) is 13.7 Å². The van der Waals surface area contributed by atoms with Gasteiger partial charge in [0.05, 0.1) is 18.0 Å². The van der Waals surface area contributed by atoms with Crippen LogP contribution in [0.3, 0.4) is 0 Å². The first-order valence-corrected chi connectivity index (χ1v) is 7.50. The fraction of sp³-hybridized carbons (Fsp3) is 0.333. The Balaban J connectivity index is 2.21. The van der Waals surface area contributed by atoms with E-state index in [4.69, 9.17) is 10.5 Å². The molecule has 0 saturated carbocycles. The van der Waals surface area contributed by atoms with Gasteiger partial charge in [-0.05, 0) is 28.8 Å². The maximum atomic E-state index is 13.8. The first kappa shape index (κ1) is 14.7. The molecule has 0 unspecified atom stereocenters. The Morgan fingerprint density at radius 2 is 2.20 bits per heavy atom. The van der Waals surface area contributed by atoms with Crippen LogP contribution in [0.2, 0.25) is 0 Å². The minimum atomic E-state index is -0.413. The summed E-state index contributed by atoms with van der Waals surface area (Å²) in [5, 5.41) is 4.12. The predicted octanol–water partition coefficient (Wildman–Crippen LogP) is 3.89. The van der Waals surface area contributed by atoms with E-state index in [0.29, 0.717) is 12.3 Å². The summed E-state index contributed by atoms with van der Waals surface area (Å²) in [5.41, 5.74) is 8.32. The van der Waals surface area contributed by atoms with Crippen molar-refractivity contribution in [2.75, 3.05) is 24.3 Å². The van der Waals surface area contributed by atoms with E-state index in [1.54, 1.807) is 17.4 Å². The van der Waals surface area contributed by atoms with Crippen molar-refractivity contribution < 1.29 is 9.13 Å². The monoisotopic (exact) mass is 294 g/mol. The summed E-state index contributed by atoms with van der Waals surface area (Å²) in [6, 6.07) is 5.06. The van der Waals surface area contributed by atoms with Crippen LogP contribution in [0, 0.1) is 5.82 Å². The Hall–Kier alpha value is -1.75. The standard InChI is InChI=1S/C15H19FN2OS/c1-3-5-19-15-8-14(13(17)7-12(15)16)18(2)9-11-4-6-20-10-11/h4,6-8,10H,3,5,9,17H2,1-2H3. The smallest absolute Gasteiger partial charge is 0.167 e. The topological polar surface area (TPSA) is 38.5 Å². The second kappa shape index (κ2) is 6.61. The largest absolute Gasteiger partial charge is 0.490 e. The number of nitrogens with zero attached hydrogens (tertiary/aromatic N) is 1. The van der Waals surface area contributed by atoms with Crippen LogP contribution >= 0.6 is 11.3 Å². The van der Waals surface area contributed by atoms with E-state index in [0.717, 1.165) is 18.7 Å². The van der Waals surface area contributed by atoms with Crippen LogP contribution in [0.25, 0.3) is 0 Å². The van der Waals surface area contributed by atoms with Crippen molar-refractivity contribution in [3.8, 4) is 5.75 Å². The molecule has 1 aromatic carbocycles. The quantitative estimate of drug-likeness (QED) is 0.821. The van der Waals surface area contributed by atoms with Gasteiger partial charge in [0.2, 0.25) is 0 Å². The minimum Gasteiger partial charge on any atom is -0.490 e. The van der Waals surface area contributed by atoms with Gasteiger partial charge in [-0.15, -0.1) is 0 Å². The molecule has 0 bridgehead atoms. The molecule has 0 fully saturated rings. The molecule has 2 N–H and O–H groups in total. The van der Waals surface area contributed by atoms with Crippen LogP contribution in [0.15, 0.2) is 29.0 Å². The Labute approximate surface area is 122 Å². The van der Waals surface area contributed by atoms with Gasteiger partial charge in [0.25, 0.3) is 0 Å². The molecule has 20 heavy (non-hydrogen) atoms. The zero-order valence-electron chi connectivity index (χ0n) is 11.7. The third-order valence-electron chi connectivity index (χ3n) is 2.95. The molecule has 0 aliphatic carbocycles.